The van der Waals surface area contributed by atoms with Crippen LogP contribution in [0.4, 0.5) is 0 Å². The van der Waals surface area contributed by atoms with Gasteiger partial charge < -0.3 is 14.9 Å². The van der Waals surface area contributed by atoms with Crippen molar-refractivity contribution < 1.29 is 0 Å². The van der Waals surface area contributed by atoms with Gasteiger partial charge in [0.05, 0.1) is 12.0 Å². The van der Waals surface area contributed by atoms with Crippen LogP contribution in [-0.2, 0) is 26.4 Å². The first-order chi connectivity index (χ1) is 7.79. The van der Waals surface area contributed by atoms with E-state index in [9.17, 15) is 0 Å². The lowest BCUT2D eigenvalue weighted by atomic mass is 10.3. The fraction of sp³-hybridized carbons (Fsp3) is 0.455. The highest BCUT2D eigenvalue weighted by molar-refractivity contribution is 4.98. The largest absolute Gasteiger partial charge is 0.338 e. The summed E-state index contributed by atoms with van der Waals surface area (Å²) in [6.07, 6.45) is 9.45. The van der Waals surface area contributed by atoms with E-state index in [-0.39, 0.29) is 0 Å². The number of hydrogen-bond acceptors (Lipinski definition) is 3. The number of nitrogens with zero attached hydrogens (tertiary/aromatic N) is 4. The number of aryl methyl sites for hydroxylation is 3. The van der Waals surface area contributed by atoms with Crippen molar-refractivity contribution in [2.24, 2.45) is 12.8 Å². The molecule has 0 spiro atoms. The van der Waals surface area contributed by atoms with E-state index in [2.05, 4.69) is 20.7 Å². The molecule has 2 aromatic rings. The third-order valence-corrected chi connectivity index (χ3v) is 2.60. The van der Waals surface area contributed by atoms with Crippen molar-refractivity contribution in [2.45, 2.75) is 19.4 Å². The number of hydrogen-bond donors (Lipinski definition) is 1. The molecule has 0 saturated heterocycles. The molecule has 5 nitrogen and oxygen atoms in total. The number of aromatic nitrogens is 4. The lowest BCUT2D eigenvalue weighted by Crippen LogP contribution is -2.04. The Morgan fingerprint density at radius 3 is 2.88 bits per heavy atom. The van der Waals surface area contributed by atoms with Crippen molar-refractivity contribution in [2.75, 3.05) is 6.54 Å². The molecule has 2 rings (SSSR count). The van der Waals surface area contributed by atoms with Gasteiger partial charge in [-0.3, -0.25) is 0 Å². The quantitative estimate of drug-likeness (QED) is 0.790. The average molecular weight is 219 g/mol. The molecule has 0 radical (unpaired) electrons. The molecule has 5 heteroatoms. The van der Waals surface area contributed by atoms with Crippen LogP contribution < -0.4 is 5.73 Å². The van der Waals surface area contributed by atoms with Crippen LogP contribution in [0, 0.1) is 0 Å². The molecule has 2 heterocycles. The highest BCUT2D eigenvalue weighted by Crippen LogP contribution is 2.01. The van der Waals surface area contributed by atoms with Gasteiger partial charge in [0.1, 0.15) is 5.82 Å². The van der Waals surface area contributed by atoms with E-state index in [0.29, 0.717) is 6.54 Å². The van der Waals surface area contributed by atoms with E-state index in [0.717, 1.165) is 30.9 Å². The van der Waals surface area contributed by atoms with Crippen molar-refractivity contribution in [1.29, 1.82) is 0 Å². The predicted molar refractivity (Wildman–Crippen MR) is 61.9 cm³/mol. The second-order valence-corrected chi connectivity index (χ2v) is 3.85. The molecule has 2 N–H and O–H groups in total. The van der Waals surface area contributed by atoms with Gasteiger partial charge in [-0.2, -0.15) is 0 Å². The van der Waals surface area contributed by atoms with Gasteiger partial charge in [-0.15, -0.1) is 0 Å². The highest BCUT2D eigenvalue weighted by atomic mass is 15.1. The summed E-state index contributed by atoms with van der Waals surface area (Å²) in [4.78, 5) is 8.57. The van der Waals surface area contributed by atoms with Crippen LogP contribution in [0.25, 0.3) is 0 Å². The molecule has 0 fully saturated rings. The standard InChI is InChI=1S/C11H17N5/c1-15-7-5-13-11(15)3-6-16-8-10(2-4-12)14-9-16/h5,7-9H,2-4,6,12H2,1H3. The molecule has 0 aliphatic carbocycles. The fourth-order valence-electron chi connectivity index (χ4n) is 1.67. The molecular formula is C11H17N5. The summed E-state index contributed by atoms with van der Waals surface area (Å²) >= 11 is 0. The summed E-state index contributed by atoms with van der Waals surface area (Å²) in [5.74, 6) is 1.09. The monoisotopic (exact) mass is 219 g/mol. The fourth-order valence-corrected chi connectivity index (χ4v) is 1.67. The second-order valence-electron chi connectivity index (χ2n) is 3.85. The summed E-state index contributed by atoms with van der Waals surface area (Å²) < 4.78 is 4.12. The van der Waals surface area contributed by atoms with Gasteiger partial charge in [-0.25, -0.2) is 9.97 Å². The summed E-state index contributed by atoms with van der Waals surface area (Å²) in [5.41, 5.74) is 6.54. The zero-order valence-electron chi connectivity index (χ0n) is 9.50. The summed E-state index contributed by atoms with van der Waals surface area (Å²) in [7, 11) is 2.01. The van der Waals surface area contributed by atoms with Crippen LogP contribution >= 0.6 is 0 Å². The van der Waals surface area contributed by atoms with Crippen molar-refractivity contribution >= 4 is 0 Å². The van der Waals surface area contributed by atoms with Crippen molar-refractivity contribution in [3.63, 3.8) is 0 Å². The predicted octanol–water partition coefficient (Wildman–Crippen LogP) is 0.361. The first kappa shape index (κ1) is 10.9. The summed E-state index contributed by atoms with van der Waals surface area (Å²) in [6.45, 7) is 1.55. The Bertz CT molecular complexity index is 443. The molecule has 16 heavy (non-hydrogen) atoms. The molecule has 0 aromatic carbocycles. The van der Waals surface area contributed by atoms with Crippen molar-refractivity contribution in [3.05, 3.63) is 36.4 Å². The molecule has 86 valence electrons. The summed E-state index contributed by atoms with van der Waals surface area (Å²) in [5, 5.41) is 0. The maximum absolute atomic E-state index is 5.48. The van der Waals surface area contributed by atoms with Crippen molar-refractivity contribution in [1.82, 2.24) is 19.1 Å². The van der Waals surface area contributed by atoms with E-state index in [1.165, 1.54) is 0 Å². The Balaban J connectivity index is 1.92. The minimum absolute atomic E-state index is 0.649. The Morgan fingerprint density at radius 2 is 2.19 bits per heavy atom. The SMILES string of the molecule is Cn1ccnc1CCn1cnc(CCN)c1. The van der Waals surface area contributed by atoms with Crippen LogP contribution in [0.2, 0.25) is 0 Å². The zero-order chi connectivity index (χ0) is 11.4. The molecule has 0 bridgehead atoms. The van der Waals surface area contributed by atoms with Crippen LogP contribution in [0.5, 0.6) is 0 Å². The van der Waals surface area contributed by atoms with E-state index in [1.807, 2.05) is 30.3 Å². The Labute approximate surface area is 94.9 Å². The Hall–Kier alpha value is -1.62. The van der Waals surface area contributed by atoms with E-state index < -0.39 is 0 Å². The normalized spacial score (nSPS) is 10.9. The average Bonchev–Trinajstić information content (AvgIpc) is 2.86. The molecular weight excluding hydrogens is 202 g/mol. The smallest absolute Gasteiger partial charge is 0.110 e. The maximum atomic E-state index is 5.48. The van der Waals surface area contributed by atoms with E-state index >= 15 is 0 Å². The number of rotatable bonds is 5. The van der Waals surface area contributed by atoms with Gasteiger partial charge in [-0.1, -0.05) is 0 Å². The highest BCUT2D eigenvalue weighted by Gasteiger charge is 2.01. The van der Waals surface area contributed by atoms with Gasteiger partial charge in [0.2, 0.25) is 0 Å². The molecule has 0 aliphatic rings. The minimum Gasteiger partial charge on any atom is -0.338 e. The van der Waals surface area contributed by atoms with Crippen molar-refractivity contribution in [3.8, 4) is 0 Å². The topological polar surface area (TPSA) is 61.7 Å². The first-order valence-corrected chi connectivity index (χ1v) is 5.46. The molecule has 0 saturated carbocycles. The van der Waals surface area contributed by atoms with E-state index in [1.54, 1.807) is 0 Å². The van der Waals surface area contributed by atoms with Gasteiger partial charge in [0, 0.05) is 45.0 Å². The molecule has 0 atom stereocenters. The van der Waals surface area contributed by atoms with Crippen LogP contribution in [0.1, 0.15) is 11.5 Å². The number of nitrogens with two attached hydrogens (primary N) is 1. The van der Waals surface area contributed by atoms with E-state index in [4.69, 9.17) is 5.73 Å². The number of imidazole rings is 2. The lowest BCUT2D eigenvalue weighted by molar-refractivity contribution is 0.649. The van der Waals surface area contributed by atoms with Gasteiger partial charge in [0.25, 0.3) is 0 Å². The van der Waals surface area contributed by atoms with Gasteiger partial charge in [0.15, 0.2) is 0 Å². The van der Waals surface area contributed by atoms with Crippen LogP contribution in [-0.4, -0.2) is 25.6 Å². The molecule has 0 aliphatic heterocycles. The molecule has 0 amide bonds. The molecule has 0 unspecified atom stereocenters. The Morgan fingerprint density at radius 1 is 1.31 bits per heavy atom. The van der Waals surface area contributed by atoms with Gasteiger partial charge >= 0.3 is 0 Å². The minimum atomic E-state index is 0.649. The lowest BCUT2D eigenvalue weighted by Gasteiger charge is -2.02. The third-order valence-electron chi connectivity index (χ3n) is 2.60. The molecule has 2 aromatic heterocycles. The van der Waals surface area contributed by atoms with Crippen LogP contribution in [0.15, 0.2) is 24.9 Å². The van der Waals surface area contributed by atoms with Gasteiger partial charge in [-0.05, 0) is 6.54 Å². The second kappa shape index (κ2) is 4.94. The third kappa shape index (κ3) is 2.49. The summed E-state index contributed by atoms with van der Waals surface area (Å²) in [6, 6.07) is 0. The Kier molecular flexibility index (Phi) is 3.36. The van der Waals surface area contributed by atoms with Crippen LogP contribution in [0.3, 0.4) is 0 Å². The first-order valence-electron chi connectivity index (χ1n) is 5.46. The zero-order valence-corrected chi connectivity index (χ0v) is 9.50. The maximum Gasteiger partial charge on any atom is 0.110 e.